The van der Waals surface area contributed by atoms with E-state index < -0.39 is 11.5 Å². The highest BCUT2D eigenvalue weighted by atomic mass is 16.3. The van der Waals surface area contributed by atoms with E-state index in [-0.39, 0.29) is 34.8 Å². The minimum Gasteiger partial charge on any atom is -0.494 e. The van der Waals surface area contributed by atoms with Gasteiger partial charge in [-0.2, -0.15) is 9.61 Å². The molecule has 2 saturated carbocycles. The van der Waals surface area contributed by atoms with Gasteiger partial charge in [0.25, 0.3) is 11.5 Å². The Morgan fingerprint density at radius 3 is 2.64 bits per heavy atom. The number of amides is 2. The number of aromatic hydroxyl groups is 1. The summed E-state index contributed by atoms with van der Waals surface area (Å²) in [7, 11) is 0. The molecule has 0 bridgehead atoms. The van der Waals surface area contributed by atoms with Crippen molar-refractivity contribution in [1.82, 2.24) is 24.4 Å². The van der Waals surface area contributed by atoms with Gasteiger partial charge in [0.05, 0.1) is 5.69 Å². The Morgan fingerprint density at radius 1 is 1.27 bits per heavy atom. The summed E-state index contributed by atoms with van der Waals surface area (Å²) >= 11 is 0. The van der Waals surface area contributed by atoms with Crippen LogP contribution in [0.2, 0.25) is 0 Å². The van der Waals surface area contributed by atoms with Crippen LogP contribution in [0.5, 0.6) is 5.88 Å². The third kappa shape index (κ3) is 3.73. The molecule has 2 amide bonds. The molecule has 2 aliphatic carbocycles. The summed E-state index contributed by atoms with van der Waals surface area (Å²) in [6.45, 7) is 6.89. The fraction of sp³-hybridized carbons (Fsp3) is 0.583. The molecule has 2 N–H and O–H groups in total. The van der Waals surface area contributed by atoms with Gasteiger partial charge >= 0.3 is 0 Å². The number of hydrogen-bond acceptors (Lipinski definition) is 5. The van der Waals surface area contributed by atoms with Crippen molar-refractivity contribution >= 4 is 23.5 Å². The molecule has 0 atom stereocenters. The van der Waals surface area contributed by atoms with Crippen LogP contribution in [-0.2, 0) is 11.3 Å². The molecule has 9 nitrogen and oxygen atoms in total. The van der Waals surface area contributed by atoms with E-state index in [9.17, 15) is 19.5 Å². The van der Waals surface area contributed by atoms with Crippen molar-refractivity contribution in [2.75, 3.05) is 6.54 Å². The van der Waals surface area contributed by atoms with Crippen molar-refractivity contribution in [2.24, 2.45) is 5.92 Å². The summed E-state index contributed by atoms with van der Waals surface area (Å²) in [6.07, 6.45) is 9.21. The first-order chi connectivity index (χ1) is 15.7. The zero-order valence-corrected chi connectivity index (χ0v) is 19.4. The summed E-state index contributed by atoms with van der Waals surface area (Å²) in [4.78, 5) is 40.8. The fourth-order valence-electron chi connectivity index (χ4n) is 4.97. The molecule has 9 heteroatoms. The predicted octanol–water partition coefficient (Wildman–Crippen LogP) is 2.23. The average molecular weight is 454 g/mol. The molecule has 2 aromatic rings. The summed E-state index contributed by atoms with van der Waals surface area (Å²) in [5, 5.41) is 18.2. The maximum Gasteiger partial charge on any atom is 0.291 e. The highest BCUT2D eigenvalue weighted by Crippen LogP contribution is 2.49. The number of likely N-dealkylation sites (tertiary alicyclic amines) is 1. The number of nitrogens with one attached hydrogen (secondary N) is 1. The average Bonchev–Trinajstić information content (AvgIpc) is 3.64. The van der Waals surface area contributed by atoms with E-state index in [4.69, 9.17) is 0 Å². The van der Waals surface area contributed by atoms with Crippen molar-refractivity contribution in [3.63, 3.8) is 0 Å². The van der Waals surface area contributed by atoms with Crippen LogP contribution in [0, 0.1) is 12.8 Å². The lowest BCUT2D eigenvalue weighted by molar-refractivity contribution is -0.127. The molecule has 0 unspecified atom stereocenters. The maximum atomic E-state index is 13.2. The molecular formula is C24H31N5O4. The van der Waals surface area contributed by atoms with Gasteiger partial charge in [0.2, 0.25) is 11.8 Å². The van der Waals surface area contributed by atoms with Crippen LogP contribution >= 0.6 is 0 Å². The van der Waals surface area contributed by atoms with Gasteiger partial charge in [-0.15, -0.1) is 0 Å². The molecule has 2 aromatic heterocycles. The zero-order chi connectivity index (χ0) is 23.5. The molecule has 0 radical (unpaired) electrons. The van der Waals surface area contributed by atoms with Crippen LogP contribution in [0.15, 0.2) is 10.9 Å². The van der Waals surface area contributed by atoms with E-state index in [0.29, 0.717) is 23.4 Å². The number of aromatic nitrogens is 3. The normalized spacial score (nSPS) is 19.3. The van der Waals surface area contributed by atoms with Crippen LogP contribution in [0.3, 0.4) is 0 Å². The van der Waals surface area contributed by atoms with Crippen LogP contribution in [-0.4, -0.2) is 54.1 Å². The Balaban J connectivity index is 1.59. The predicted molar refractivity (Wildman–Crippen MR) is 123 cm³/mol. The lowest BCUT2D eigenvalue weighted by Gasteiger charge is -2.22. The second-order valence-electron chi connectivity index (χ2n) is 10.1. The standard InChI is InChI=1S/C24H31N5O4/c1-14(2)13-27-21-17(7-8-18(30)28-12-4-9-24(28)10-11-24)15(3)26-29(21)23(33)19(22(27)32)20(31)25-16-5-6-16/h7-8,14,16,32H,4-6,9-13H2,1-3H3,(H,25,31)/b8-7+. The van der Waals surface area contributed by atoms with E-state index in [0.717, 1.165) is 45.1 Å². The van der Waals surface area contributed by atoms with Crippen molar-refractivity contribution in [3.8, 4) is 5.88 Å². The van der Waals surface area contributed by atoms with E-state index in [1.165, 1.54) is 4.52 Å². The van der Waals surface area contributed by atoms with Gasteiger partial charge < -0.3 is 15.3 Å². The minimum absolute atomic E-state index is 0.0360. The van der Waals surface area contributed by atoms with E-state index in [2.05, 4.69) is 10.4 Å². The highest BCUT2D eigenvalue weighted by molar-refractivity contribution is 5.97. The van der Waals surface area contributed by atoms with Gasteiger partial charge in [-0.05, 0) is 57.4 Å². The number of fused-ring (bicyclic) bond motifs is 1. The van der Waals surface area contributed by atoms with Crippen LogP contribution in [0.1, 0.15) is 74.0 Å². The summed E-state index contributed by atoms with van der Waals surface area (Å²) in [5.74, 6) is -0.846. The van der Waals surface area contributed by atoms with E-state index in [1.807, 2.05) is 18.7 Å². The molecule has 0 aromatic carbocycles. The lowest BCUT2D eigenvalue weighted by Crippen LogP contribution is -2.35. The van der Waals surface area contributed by atoms with Gasteiger partial charge in [0.1, 0.15) is 5.65 Å². The quantitative estimate of drug-likeness (QED) is 0.652. The molecule has 1 spiro atoms. The molecular weight excluding hydrogens is 422 g/mol. The molecule has 176 valence electrons. The molecule has 1 saturated heterocycles. The Labute approximate surface area is 192 Å². The van der Waals surface area contributed by atoms with Crippen molar-refractivity contribution < 1.29 is 14.7 Å². The third-order valence-corrected chi connectivity index (χ3v) is 6.99. The smallest absolute Gasteiger partial charge is 0.291 e. The SMILES string of the molecule is Cc1nn2c(=O)c(C(=O)NC3CC3)c(O)n(CC(C)C)c2c1/C=C/C(=O)N1CCCC12CC2. The highest BCUT2D eigenvalue weighted by Gasteiger charge is 2.52. The van der Waals surface area contributed by atoms with Crippen molar-refractivity contribution in [1.29, 1.82) is 0 Å². The summed E-state index contributed by atoms with van der Waals surface area (Å²) < 4.78 is 2.75. The second kappa shape index (κ2) is 7.74. The first-order valence-corrected chi connectivity index (χ1v) is 11.9. The lowest BCUT2D eigenvalue weighted by atomic mass is 10.1. The van der Waals surface area contributed by atoms with E-state index in [1.54, 1.807) is 23.6 Å². The van der Waals surface area contributed by atoms with Crippen LogP contribution in [0.4, 0.5) is 0 Å². The number of nitrogens with zero attached hydrogens (tertiary/aromatic N) is 4. The van der Waals surface area contributed by atoms with Gasteiger partial charge in [0.15, 0.2) is 5.56 Å². The first-order valence-electron chi connectivity index (χ1n) is 11.9. The Bertz CT molecular complexity index is 1230. The topological polar surface area (TPSA) is 109 Å². The van der Waals surface area contributed by atoms with Crippen molar-refractivity contribution in [2.45, 2.75) is 77.4 Å². The monoisotopic (exact) mass is 453 g/mol. The second-order valence-corrected chi connectivity index (χ2v) is 10.1. The molecule has 33 heavy (non-hydrogen) atoms. The maximum absolute atomic E-state index is 13.2. The first kappa shape index (κ1) is 21.7. The summed E-state index contributed by atoms with van der Waals surface area (Å²) in [6, 6.07) is 0.0507. The van der Waals surface area contributed by atoms with Crippen LogP contribution < -0.4 is 10.9 Å². The third-order valence-electron chi connectivity index (χ3n) is 6.99. The Kier molecular flexibility index (Phi) is 5.10. The van der Waals surface area contributed by atoms with Gasteiger partial charge in [-0.25, -0.2) is 0 Å². The molecule has 3 aliphatic rings. The molecule has 3 heterocycles. The summed E-state index contributed by atoms with van der Waals surface area (Å²) in [5.41, 5.74) is 0.630. The zero-order valence-electron chi connectivity index (χ0n) is 19.4. The Morgan fingerprint density at radius 2 is 2.00 bits per heavy atom. The fourth-order valence-corrected chi connectivity index (χ4v) is 4.97. The van der Waals surface area contributed by atoms with Gasteiger partial charge in [-0.3, -0.25) is 19.0 Å². The number of aryl methyl sites for hydroxylation is 1. The van der Waals surface area contributed by atoms with Crippen molar-refractivity contribution in [3.05, 3.63) is 33.3 Å². The van der Waals surface area contributed by atoms with Gasteiger partial charge in [0, 0.05) is 36.3 Å². The Hall–Kier alpha value is -3.10. The van der Waals surface area contributed by atoms with Crippen LogP contribution in [0.25, 0.3) is 11.7 Å². The molecule has 3 fully saturated rings. The van der Waals surface area contributed by atoms with E-state index >= 15 is 0 Å². The number of carbonyl (C=O) groups excluding carboxylic acids is 2. The largest absolute Gasteiger partial charge is 0.494 e. The molecule has 5 rings (SSSR count). The minimum atomic E-state index is -0.661. The molecule has 1 aliphatic heterocycles. The number of rotatable bonds is 6. The number of hydrogen-bond donors (Lipinski definition) is 2. The number of carbonyl (C=O) groups is 2. The van der Waals surface area contributed by atoms with Gasteiger partial charge in [-0.1, -0.05) is 13.8 Å².